The fourth-order valence-corrected chi connectivity index (χ4v) is 2.59. The van der Waals surface area contributed by atoms with Crippen LogP contribution in [-0.2, 0) is 6.42 Å². The number of aliphatic hydroxyl groups is 1. The van der Waals surface area contributed by atoms with Crippen LogP contribution in [0.5, 0.6) is 0 Å². The molecule has 3 N–H and O–H groups in total. The second-order valence-electron chi connectivity index (χ2n) is 4.68. The third kappa shape index (κ3) is 2.02. The number of benzene rings is 2. The number of aliphatic hydroxyl groups excluding tert-OH is 1. The van der Waals surface area contributed by atoms with Crippen molar-refractivity contribution in [2.75, 3.05) is 12.3 Å². The van der Waals surface area contributed by atoms with E-state index in [2.05, 4.69) is 11.1 Å². The molecule has 3 aromatic rings. The molecule has 0 saturated heterocycles. The average Bonchev–Trinajstić information content (AvgIpc) is 2.44. The second kappa shape index (κ2) is 4.86. The lowest BCUT2D eigenvalue weighted by molar-refractivity contribution is 0.289. The Labute approximate surface area is 111 Å². The van der Waals surface area contributed by atoms with Gasteiger partial charge in [0.25, 0.3) is 0 Å². The van der Waals surface area contributed by atoms with E-state index >= 15 is 0 Å². The van der Waals surface area contributed by atoms with Crippen LogP contribution in [0, 0.1) is 0 Å². The quantitative estimate of drug-likeness (QED) is 0.556. The molecule has 1 aromatic heterocycles. The van der Waals surface area contributed by atoms with Crippen LogP contribution in [0.1, 0.15) is 12.0 Å². The van der Waals surface area contributed by atoms with Crippen LogP contribution in [0.3, 0.4) is 0 Å². The minimum absolute atomic E-state index is 0.185. The van der Waals surface area contributed by atoms with Crippen LogP contribution in [0.2, 0.25) is 0 Å². The van der Waals surface area contributed by atoms with Gasteiger partial charge >= 0.3 is 0 Å². The van der Waals surface area contributed by atoms with Gasteiger partial charge < -0.3 is 10.8 Å². The molecule has 0 aliphatic rings. The Bertz CT molecular complexity index is 737. The van der Waals surface area contributed by atoms with Crippen molar-refractivity contribution in [1.29, 1.82) is 0 Å². The third-order valence-electron chi connectivity index (χ3n) is 3.43. The van der Waals surface area contributed by atoms with Gasteiger partial charge in [0.15, 0.2) is 0 Å². The van der Waals surface area contributed by atoms with E-state index in [1.807, 2.05) is 36.4 Å². The molecule has 3 rings (SSSR count). The van der Waals surface area contributed by atoms with Crippen LogP contribution in [-0.4, -0.2) is 16.7 Å². The number of nitrogens with two attached hydrogens (primary N) is 1. The summed E-state index contributed by atoms with van der Waals surface area (Å²) >= 11 is 0. The number of para-hydroxylation sites is 1. The fourth-order valence-electron chi connectivity index (χ4n) is 2.59. The summed E-state index contributed by atoms with van der Waals surface area (Å²) in [5.41, 5.74) is 9.96. The first-order valence-electron chi connectivity index (χ1n) is 6.48. The van der Waals surface area contributed by atoms with Crippen molar-refractivity contribution in [3.63, 3.8) is 0 Å². The molecule has 0 radical (unpaired) electrons. The van der Waals surface area contributed by atoms with Crippen molar-refractivity contribution in [2.24, 2.45) is 0 Å². The SMILES string of the molecule is Nc1cccc2nc3ccccc3c(CCCO)c12. The van der Waals surface area contributed by atoms with Crippen LogP contribution in [0.25, 0.3) is 21.8 Å². The lowest BCUT2D eigenvalue weighted by Crippen LogP contribution is -1.98. The highest BCUT2D eigenvalue weighted by molar-refractivity contribution is 6.02. The number of nitrogen functional groups attached to an aromatic ring is 1. The average molecular weight is 252 g/mol. The largest absolute Gasteiger partial charge is 0.398 e. The number of hydrogen-bond donors (Lipinski definition) is 2. The van der Waals surface area contributed by atoms with E-state index in [1.54, 1.807) is 0 Å². The molecule has 2 aromatic carbocycles. The smallest absolute Gasteiger partial charge is 0.0733 e. The number of pyridine rings is 1. The van der Waals surface area contributed by atoms with Gasteiger partial charge in [0.2, 0.25) is 0 Å². The lowest BCUT2D eigenvalue weighted by Gasteiger charge is -2.12. The molecule has 0 bridgehead atoms. The molecule has 3 heteroatoms. The zero-order valence-electron chi connectivity index (χ0n) is 10.6. The van der Waals surface area contributed by atoms with E-state index in [-0.39, 0.29) is 6.61 Å². The third-order valence-corrected chi connectivity index (χ3v) is 3.43. The lowest BCUT2D eigenvalue weighted by atomic mass is 9.98. The van der Waals surface area contributed by atoms with Crippen molar-refractivity contribution >= 4 is 27.5 Å². The summed E-state index contributed by atoms with van der Waals surface area (Å²) in [5.74, 6) is 0. The van der Waals surface area contributed by atoms with E-state index in [4.69, 9.17) is 10.8 Å². The number of rotatable bonds is 3. The van der Waals surface area contributed by atoms with Gasteiger partial charge in [0.05, 0.1) is 11.0 Å². The predicted octanol–water partition coefficient (Wildman–Crippen LogP) is 2.90. The summed E-state index contributed by atoms with van der Waals surface area (Å²) in [4.78, 5) is 4.66. The number of fused-ring (bicyclic) bond motifs is 2. The van der Waals surface area contributed by atoms with Crippen molar-refractivity contribution < 1.29 is 5.11 Å². The maximum Gasteiger partial charge on any atom is 0.0733 e. The molecule has 0 unspecified atom stereocenters. The molecule has 0 saturated carbocycles. The molecule has 96 valence electrons. The molecule has 0 spiro atoms. The summed E-state index contributed by atoms with van der Waals surface area (Å²) in [6, 6.07) is 13.9. The molecule has 0 fully saturated rings. The van der Waals surface area contributed by atoms with Gasteiger partial charge in [0.1, 0.15) is 0 Å². The van der Waals surface area contributed by atoms with Gasteiger partial charge in [0, 0.05) is 23.1 Å². The number of aromatic nitrogens is 1. The number of aryl methyl sites for hydroxylation is 1. The Balaban J connectivity index is 2.40. The van der Waals surface area contributed by atoms with Crippen LogP contribution in [0.4, 0.5) is 5.69 Å². The molecule has 0 aliphatic carbocycles. The van der Waals surface area contributed by atoms with Crippen LogP contribution in [0.15, 0.2) is 42.5 Å². The fraction of sp³-hybridized carbons (Fsp3) is 0.188. The van der Waals surface area contributed by atoms with Gasteiger partial charge in [-0.05, 0) is 36.6 Å². The zero-order valence-corrected chi connectivity index (χ0v) is 10.6. The molecule has 19 heavy (non-hydrogen) atoms. The van der Waals surface area contributed by atoms with Crippen LogP contribution < -0.4 is 5.73 Å². The first-order valence-corrected chi connectivity index (χ1v) is 6.48. The Kier molecular flexibility index (Phi) is 3.05. The highest BCUT2D eigenvalue weighted by Gasteiger charge is 2.10. The van der Waals surface area contributed by atoms with E-state index in [0.717, 1.165) is 40.3 Å². The summed E-state index contributed by atoms with van der Waals surface area (Å²) in [6.45, 7) is 0.185. The monoisotopic (exact) mass is 252 g/mol. The molecule has 3 nitrogen and oxygen atoms in total. The van der Waals surface area contributed by atoms with Crippen LogP contribution >= 0.6 is 0 Å². The van der Waals surface area contributed by atoms with Crippen molar-refractivity contribution in [2.45, 2.75) is 12.8 Å². The summed E-state index contributed by atoms with van der Waals surface area (Å²) < 4.78 is 0. The minimum atomic E-state index is 0.185. The first kappa shape index (κ1) is 11.9. The molecule has 0 atom stereocenters. The second-order valence-corrected chi connectivity index (χ2v) is 4.68. The van der Waals surface area contributed by atoms with Gasteiger partial charge in [-0.3, -0.25) is 0 Å². The highest BCUT2D eigenvalue weighted by Crippen LogP contribution is 2.30. The minimum Gasteiger partial charge on any atom is -0.398 e. The van der Waals surface area contributed by atoms with Crippen molar-refractivity contribution in [3.8, 4) is 0 Å². The number of anilines is 1. The normalized spacial score (nSPS) is 11.2. The maximum absolute atomic E-state index is 9.09. The van der Waals surface area contributed by atoms with E-state index < -0.39 is 0 Å². The Morgan fingerprint density at radius 3 is 2.63 bits per heavy atom. The Morgan fingerprint density at radius 1 is 1.00 bits per heavy atom. The summed E-state index contributed by atoms with van der Waals surface area (Å²) in [5, 5.41) is 11.2. The van der Waals surface area contributed by atoms with Crippen molar-refractivity contribution in [1.82, 2.24) is 4.98 Å². The topological polar surface area (TPSA) is 59.1 Å². The Hall–Kier alpha value is -2.13. The van der Waals surface area contributed by atoms with Gasteiger partial charge in [-0.2, -0.15) is 0 Å². The first-order chi connectivity index (χ1) is 9.31. The molecule has 1 heterocycles. The van der Waals surface area contributed by atoms with Crippen molar-refractivity contribution in [3.05, 3.63) is 48.0 Å². The standard InChI is InChI=1S/C16H16N2O/c17-13-7-3-9-15-16(13)12(6-4-10-19)11-5-1-2-8-14(11)18-15/h1-3,5,7-9,19H,4,6,10,17H2. The summed E-state index contributed by atoms with van der Waals surface area (Å²) in [6.07, 6.45) is 1.54. The summed E-state index contributed by atoms with van der Waals surface area (Å²) in [7, 11) is 0. The number of hydrogen-bond acceptors (Lipinski definition) is 3. The molecular weight excluding hydrogens is 236 g/mol. The van der Waals surface area contributed by atoms with Gasteiger partial charge in [-0.1, -0.05) is 24.3 Å². The predicted molar refractivity (Wildman–Crippen MR) is 79.1 cm³/mol. The number of nitrogens with zero attached hydrogens (tertiary/aromatic N) is 1. The maximum atomic E-state index is 9.09. The molecular formula is C16H16N2O. The highest BCUT2D eigenvalue weighted by atomic mass is 16.2. The Morgan fingerprint density at radius 2 is 1.79 bits per heavy atom. The zero-order chi connectivity index (χ0) is 13.2. The van der Waals surface area contributed by atoms with Gasteiger partial charge in [-0.15, -0.1) is 0 Å². The van der Waals surface area contributed by atoms with Gasteiger partial charge in [-0.25, -0.2) is 4.98 Å². The molecule has 0 aliphatic heterocycles. The van der Waals surface area contributed by atoms with E-state index in [0.29, 0.717) is 0 Å². The van der Waals surface area contributed by atoms with E-state index in [9.17, 15) is 0 Å². The van der Waals surface area contributed by atoms with E-state index in [1.165, 1.54) is 5.56 Å². The molecule has 0 amide bonds.